The third-order valence-corrected chi connectivity index (χ3v) is 4.24. The van der Waals surface area contributed by atoms with Crippen molar-refractivity contribution in [2.45, 2.75) is 33.0 Å². The topological polar surface area (TPSA) is 74.4 Å². The Morgan fingerprint density at radius 2 is 1.80 bits per heavy atom. The number of ether oxygens (including phenoxy) is 1. The Bertz CT molecular complexity index is 756. The Morgan fingerprint density at radius 3 is 2.36 bits per heavy atom. The second kappa shape index (κ2) is 7.11. The zero-order valence-electron chi connectivity index (χ0n) is 14.7. The molecule has 2 N–H and O–H groups in total. The van der Waals surface area contributed by atoms with Crippen LogP contribution in [0.4, 0.5) is 11.4 Å². The van der Waals surface area contributed by atoms with E-state index in [4.69, 9.17) is 4.74 Å². The van der Waals surface area contributed by atoms with Crippen LogP contribution in [0.3, 0.4) is 0 Å². The molecule has 0 saturated carbocycles. The van der Waals surface area contributed by atoms with E-state index in [1.165, 1.54) is 6.92 Å². The normalized spacial score (nSPS) is 20.4. The van der Waals surface area contributed by atoms with Gasteiger partial charge in [-0.1, -0.05) is 0 Å². The lowest BCUT2D eigenvalue weighted by molar-refractivity contribution is -0.00521. The Kier molecular flexibility index (Phi) is 4.90. The Hall–Kier alpha value is -2.60. The summed E-state index contributed by atoms with van der Waals surface area (Å²) in [4.78, 5) is 28.7. The number of rotatable bonds is 4. The largest absolute Gasteiger partial charge is 0.372 e. The van der Waals surface area contributed by atoms with Gasteiger partial charge in [0.2, 0.25) is 0 Å². The number of anilines is 2. The maximum Gasteiger partial charge on any atom is 0.272 e. The number of morpholine rings is 1. The summed E-state index contributed by atoms with van der Waals surface area (Å²) in [6.07, 6.45) is 1.94. The molecule has 0 bridgehead atoms. The minimum atomic E-state index is -0.270. The molecule has 1 aromatic heterocycles. The Balaban J connectivity index is 1.65. The zero-order valence-corrected chi connectivity index (χ0v) is 14.7. The molecule has 6 heteroatoms. The van der Waals surface area contributed by atoms with Crippen LogP contribution < -0.4 is 10.2 Å². The van der Waals surface area contributed by atoms with Crippen LogP contribution in [0.15, 0.2) is 36.5 Å². The van der Waals surface area contributed by atoms with Gasteiger partial charge in [-0.2, -0.15) is 0 Å². The molecule has 132 valence electrons. The SMILES string of the molecule is CC(=O)c1c[nH]c(C(=O)Nc2ccc(N3C[C@@H](C)O[C@@H](C)C3)cc2)c1. The van der Waals surface area contributed by atoms with Gasteiger partial charge in [0.05, 0.1) is 12.2 Å². The van der Waals surface area contributed by atoms with Crippen molar-refractivity contribution in [2.75, 3.05) is 23.3 Å². The monoisotopic (exact) mass is 341 g/mol. The molecule has 0 aliphatic carbocycles. The van der Waals surface area contributed by atoms with Crippen molar-refractivity contribution in [1.29, 1.82) is 0 Å². The van der Waals surface area contributed by atoms with Gasteiger partial charge >= 0.3 is 0 Å². The number of hydrogen-bond acceptors (Lipinski definition) is 4. The van der Waals surface area contributed by atoms with Gasteiger partial charge in [-0.05, 0) is 51.1 Å². The average molecular weight is 341 g/mol. The second-order valence-electron chi connectivity index (χ2n) is 6.52. The second-order valence-corrected chi connectivity index (χ2v) is 6.52. The third-order valence-electron chi connectivity index (χ3n) is 4.24. The van der Waals surface area contributed by atoms with Crippen LogP contribution >= 0.6 is 0 Å². The van der Waals surface area contributed by atoms with Crippen molar-refractivity contribution in [3.63, 3.8) is 0 Å². The predicted molar refractivity (Wildman–Crippen MR) is 97.4 cm³/mol. The highest BCUT2D eigenvalue weighted by molar-refractivity contribution is 6.05. The fourth-order valence-corrected chi connectivity index (χ4v) is 3.07. The fraction of sp³-hybridized carbons (Fsp3) is 0.368. The molecule has 3 rings (SSSR count). The molecule has 2 aromatic rings. The van der Waals surface area contributed by atoms with Crippen molar-refractivity contribution in [3.05, 3.63) is 47.8 Å². The molecule has 0 spiro atoms. The quantitative estimate of drug-likeness (QED) is 0.838. The molecule has 2 atom stereocenters. The molecule has 25 heavy (non-hydrogen) atoms. The lowest BCUT2D eigenvalue weighted by Crippen LogP contribution is -2.45. The van der Waals surface area contributed by atoms with Crippen LogP contribution in [0.25, 0.3) is 0 Å². The zero-order chi connectivity index (χ0) is 18.0. The van der Waals surface area contributed by atoms with Crippen molar-refractivity contribution in [2.24, 2.45) is 0 Å². The molecule has 2 heterocycles. The highest BCUT2D eigenvalue weighted by Gasteiger charge is 2.22. The van der Waals surface area contributed by atoms with Crippen LogP contribution in [-0.4, -0.2) is 42.0 Å². The van der Waals surface area contributed by atoms with Crippen LogP contribution in [0.1, 0.15) is 41.6 Å². The predicted octanol–water partition coefficient (Wildman–Crippen LogP) is 3.08. The van der Waals surface area contributed by atoms with Gasteiger partial charge in [0.1, 0.15) is 5.69 Å². The maximum atomic E-state index is 12.2. The molecular weight excluding hydrogens is 318 g/mol. The summed E-state index contributed by atoms with van der Waals surface area (Å²) < 4.78 is 5.76. The molecular formula is C19H23N3O3. The van der Waals surface area contributed by atoms with Gasteiger partial charge in [-0.25, -0.2) is 0 Å². The number of nitrogens with one attached hydrogen (secondary N) is 2. The smallest absolute Gasteiger partial charge is 0.272 e. The fourth-order valence-electron chi connectivity index (χ4n) is 3.07. The van der Waals surface area contributed by atoms with Gasteiger partial charge in [-0.15, -0.1) is 0 Å². The first-order valence-electron chi connectivity index (χ1n) is 8.43. The number of amides is 1. The van der Waals surface area contributed by atoms with E-state index in [2.05, 4.69) is 29.0 Å². The van der Waals surface area contributed by atoms with Gasteiger partial charge < -0.3 is 19.9 Å². The van der Waals surface area contributed by atoms with E-state index in [9.17, 15) is 9.59 Å². The van der Waals surface area contributed by atoms with E-state index in [1.54, 1.807) is 12.3 Å². The summed E-state index contributed by atoms with van der Waals surface area (Å²) in [5, 5.41) is 2.83. The number of ketones is 1. The summed E-state index contributed by atoms with van der Waals surface area (Å²) >= 11 is 0. The van der Waals surface area contributed by atoms with E-state index < -0.39 is 0 Å². The first-order chi connectivity index (χ1) is 11.9. The summed E-state index contributed by atoms with van der Waals surface area (Å²) in [5.74, 6) is -0.345. The number of carbonyl (C=O) groups is 2. The van der Waals surface area contributed by atoms with E-state index in [1.807, 2.05) is 24.3 Å². The van der Waals surface area contributed by atoms with E-state index in [0.29, 0.717) is 16.9 Å². The van der Waals surface area contributed by atoms with Gasteiger partial charge in [0.25, 0.3) is 5.91 Å². The summed E-state index contributed by atoms with van der Waals surface area (Å²) in [7, 11) is 0. The maximum absolute atomic E-state index is 12.2. The number of benzene rings is 1. The van der Waals surface area contributed by atoms with Gasteiger partial charge in [-0.3, -0.25) is 9.59 Å². The Labute approximate surface area is 147 Å². The summed E-state index contributed by atoms with van der Waals surface area (Å²) in [6, 6.07) is 9.31. The minimum absolute atomic E-state index is 0.0754. The number of Topliss-reactive ketones (excluding diaryl/α,β-unsaturated/α-hetero) is 1. The van der Waals surface area contributed by atoms with Crippen LogP contribution in [0.5, 0.6) is 0 Å². The highest BCUT2D eigenvalue weighted by Crippen LogP contribution is 2.22. The van der Waals surface area contributed by atoms with Crippen LogP contribution in [-0.2, 0) is 4.74 Å². The highest BCUT2D eigenvalue weighted by atomic mass is 16.5. The van der Waals surface area contributed by atoms with Crippen molar-refractivity contribution < 1.29 is 14.3 Å². The minimum Gasteiger partial charge on any atom is -0.372 e. The van der Waals surface area contributed by atoms with Crippen LogP contribution in [0, 0.1) is 0 Å². The molecule has 1 saturated heterocycles. The lowest BCUT2D eigenvalue weighted by Gasteiger charge is -2.36. The number of carbonyl (C=O) groups excluding carboxylic acids is 2. The first-order valence-corrected chi connectivity index (χ1v) is 8.43. The number of nitrogens with zero attached hydrogens (tertiary/aromatic N) is 1. The third kappa shape index (κ3) is 4.09. The molecule has 1 aromatic carbocycles. The standard InChI is InChI=1S/C19H23N3O3/c1-12-10-22(11-13(2)25-12)17-6-4-16(5-7-17)21-19(24)18-8-15(9-20-18)14(3)23/h4-9,12-13,20H,10-11H2,1-3H3,(H,21,24)/t12-,13+. The van der Waals surface area contributed by atoms with Crippen LogP contribution in [0.2, 0.25) is 0 Å². The van der Waals surface area contributed by atoms with E-state index in [0.717, 1.165) is 18.8 Å². The number of H-pyrrole nitrogens is 1. The number of aromatic nitrogens is 1. The molecule has 6 nitrogen and oxygen atoms in total. The molecule has 0 unspecified atom stereocenters. The molecule has 0 radical (unpaired) electrons. The molecule has 1 fully saturated rings. The van der Waals surface area contributed by atoms with E-state index >= 15 is 0 Å². The molecule has 1 aliphatic heterocycles. The first kappa shape index (κ1) is 17.2. The lowest BCUT2D eigenvalue weighted by atomic mass is 10.2. The Morgan fingerprint density at radius 1 is 1.16 bits per heavy atom. The number of aromatic amines is 1. The van der Waals surface area contributed by atoms with E-state index in [-0.39, 0.29) is 23.9 Å². The van der Waals surface area contributed by atoms with Crippen molar-refractivity contribution in [1.82, 2.24) is 4.98 Å². The summed E-state index contributed by atoms with van der Waals surface area (Å²) in [5.41, 5.74) is 2.68. The summed E-state index contributed by atoms with van der Waals surface area (Å²) in [6.45, 7) is 7.32. The molecule has 1 aliphatic rings. The van der Waals surface area contributed by atoms with Crippen molar-refractivity contribution >= 4 is 23.1 Å². The average Bonchev–Trinajstić information content (AvgIpc) is 3.05. The number of hydrogen-bond donors (Lipinski definition) is 2. The molecule has 1 amide bonds. The van der Waals surface area contributed by atoms with Gasteiger partial charge in [0, 0.05) is 36.2 Å². The van der Waals surface area contributed by atoms with Gasteiger partial charge in [0.15, 0.2) is 5.78 Å². The van der Waals surface area contributed by atoms with Crippen molar-refractivity contribution in [3.8, 4) is 0 Å².